The fraction of sp³-hybridized carbons (Fsp3) is 0.583. The van der Waals surface area contributed by atoms with Gasteiger partial charge in [-0.05, 0) is 6.42 Å². The third-order valence-electron chi connectivity index (χ3n) is 2.45. The number of hydrogen-bond acceptors (Lipinski definition) is 6. The number of ketones is 1. The molecule has 1 atom stereocenters. The minimum Gasteiger partial charge on any atom is -0.464 e. The van der Waals surface area contributed by atoms with E-state index >= 15 is 0 Å². The zero-order chi connectivity index (χ0) is 13.7. The highest BCUT2D eigenvalue weighted by Gasteiger charge is 2.25. The lowest BCUT2D eigenvalue weighted by Gasteiger charge is -2.10. The van der Waals surface area contributed by atoms with Gasteiger partial charge < -0.3 is 9.47 Å². The average molecular weight is 271 g/mol. The second-order valence-corrected chi connectivity index (χ2v) is 4.82. The summed E-state index contributed by atoms with van der Waals surface area (Å²) in [4.78, 5) is 27.6. The molecule has 0 radical (unpaired) electrons. The van der Waals surface area contributed by atoms with E-state index in [0.717, 1.165) is 12.8 Å². The van der Waals surface area contributed by atoms with E-state index in [4.69, 9.17) is 4.74 Å². The van der Waals surface area contributed by atoms with Crippen LogP contribution in [0.3, 0.4) is 0 Å². The summed E-state index contributed by atoms with van der Waals surface area (Å²) < 4.78 is 9.95. The van der Waals surface area contributed by atoms with Crippen molar-refractivity contribution in [3.63, 3.8) is 0 Å². The number of rotatable bonds is 6. The van der Waals surface area contributed by atoms with Crippen LogP contribution in [0.4, 0.5) is 0 Å². The zero-order valence-electron chi connectivity index (χ0n) is 11.0. The Bertz CT molecular complexity index is 441. The lowest BCUT2D eigenvalue weighted by Crippen LogP contribution is -2.07. The molecule has 5 nitrogen and oxygen atoms in total. The highest BCUT2D eigenvalue weighted by molar-refractivity contribution is 7.14. The zero-order valence-corrected chi connectivity index (χ0v) is 11.8. The monoisotopic (exact) mass is 271 g/mol. The van der Waals surface area contributed by atoms with Crippen molar-refractivity contribution in [3.05, 3.63) is 15.6 Å². The van der Waals surface area contributed by atoms with Crippen molar-refractivity contribution in [1.82, 2.24) is 4.98 Å². The van der Waals surface area contributed by atoms with Crippen LogP contribution in [-0.2, 0) is 9.47 Å². The minimum absolute atomic E-state index is 0.0863. The number of ether oxygens (including phenoxy) is 2. The van der Waals surface area contributed by atoms with Gasteiger partial charge in [-0.3, -0.25) is 4.79 Å². The molecule has 0 aliphatic carbocycles. The maximum Gasteiger partial charge on any atom is 0.358 e. The van der Waals surface area contributed by atoms with Crippen molar-refractivity contribution in [2.45, 2.75) is 32.8 Å². The standard InChI is InChI=1S/C12H17NO4S/c1-5-6-8(16-3)11-13-9(12(15)17-4)10(18-11)7(2)14/h8H,5-6H2,1-4H3. The molecule has 1 heterocycles. The first-order valence-electron chi connectivity index (χ1n) is 5.67. The van der Waals surface area contributed by atoms with E-state index in [0.29, 0.717) is 9.88 Å². The average Bonchev–Trinajstić information content (AvgIpc) is 2.79. The Balaban J connectivity index is 3.16. The molecule has 0 saturated heterocycles. The molecule has 0 spiro atoms. The first-order valence-corrected chi connectivity index (χ1v) is 6.49. The third kappa shape index (κ3) is 3.14. The quantitative estimate of drug-likeness (QED) is 0.587. The topological polar surface area (TPSA) is 65.5 Å². The van der Waals surface area contributed by atoms with E-state index in [1.807, 2.05) is 6.92 Å². The number of nitrogens with zero attached hydrogens (tertiary/aromatic N) is 1. The molecule has 0 fully saturated rings. The Labute approximate surface area is 110 Å². The van der Waals surface area contributed by atoms with Gasteiger partial charge in [0.05, 0.1) is 7.11 Å². The number of methoxy groups -OCH3 is 2. The number of hydrogen-bond donors (Lipinski definition) is 0. The third-order valence-corrected chi connectivity index (χ3v) is 3.70. The van der Waals surface area contributed by atoms with Gasteiger partial charge in [-0.2, -0.15) is 0 Å². The molecule has 1 aromatic heterocycles. The van der Waals surface area contributed by atoms with Gasteiger partial charge in [-0.15, -0.1) is 11.3 Å². The number of esters is 1. The van der Waals surface area contributed by atoms with E-state index in [-0.39, 0.29) is 17.6 Å². The highest BCUT2D eigenvalue weighted by Crippen LogP contribution is 2.29. The van der Waals surface area contributed by atoms with Crippen LogP contribution in [-0.4, -0.2) is 31.0 Å². The Morgan fingerprint density at radius 1 is 1.39 bits per heavy atom. The fourth-order valence-electron chi connectivity index (χ4n) is 1.55. The van der Waals surface area contributed by atoms with E-state index < -0.39 is 5.97 Å². The summed E-state index contributed by atoms with van der Waals surface area (Å²) >= 11 is 1.20. The van der Waals surface area contributed by atoms with E-state index in [2.05, 4.69) is 9.72 Å². The number of carbonyl (C=O) groups is 2. The Morgan fingerprint density at radius 3 is 2.50 bits per heavy atom. The summed E-state index contributed by atoms with van der Waals surface area (Å²) in [6.45, 7) is 3.44. The Hall–Kier alpha value is -1.27. The van der Waals surface area contributed by atoms with Gasteiger partial charge >= 0.3 is 5.97 Å². The molecule has 0 saturated carbocycles. The van der Waals surface area contributed by atoms with Crippen LogP contribution >= 0.6 is 11.3 Å². The molecular weight excluding hydrogens is 254 g/mol. The predicted octanol–water partition coefficient (Wildman–Crippen LogP) is 2.62. The second kappa shape index (κ2) is 6.61. The molecule has 0 bridgehead atoms. The lowest BCUT2D eigenvalue weighted by atomic mass is 10.2. The molecule has 0 aliphatic rings. The van der Waals surface area contributed by atoms with Crippen molar-refractivity contribution < 1.29 is 19.1 Å². The summed E-state index contributed by atoms with van der Waals surface area (Å²) in [5, 5.41) is 0.643. The van der Waals surface area contributed by atoms with E-state index in [1.54, 1.807) is 7.11 Å². The smallest absolute Gasteiger partial charge is 0.358 e. The number of thiazole rings is 1. The molecule has 0 N–H and O–H groups in total. The summed E-state index contributed by atoms with van der Waals surface area (Å²) in [7, 11) is 2.86. The first-order chi connectivity index (χ1) is 8.54. The van der Waals surface area contributed by atoms with Gasteiger partial charge in [0.2, 0.25) is 0 Å². The minimum atomic E-state index is -0.589. The molecule has 18 heavy (non-hydrogen) atoms. The largest absolute Gasteiger partial charge is 0.464 e. The highest BCUT2D eigenvalue weighted by atomic mass is 32.1. The first kappa shape index (κ1) is 14.8. The van der Waals surface area contributed by atoms with Gasteiger partial charge in [0.15, 0.2) is 11.5 Å². The lowest BCUT2D eigenvalue weighted by molar-refractivity contribution is 0.0589. The molecule has 1 aromatic rings. The van der Waals surface area contributed by atoms with Crippen LogP contribution in [0, 0.1) is 0 Å². The van der Waals surface area contributed by atoms with Crippen molar-refractivity contribution in [1.29, 1.82) is 0 Å². The van der Waals surface area contributed by atoms with Crippen LogP contribution in [0.5, 0.6) is 0 Å². The summed E-state index contributed by atoms with van der Waals surface area (Å²) in [6.07, 6.45) is 1.54. The number of aromatic nitrogens is 1. The van der Waals surface area contributed by atoms with Crippen LogP contribution in [0.2, 0.25) is 0 Å². The van der Waals surface area contributed by atoms with Gasteiger partial charge in [0.1, 0.15) is 16.0 Å². The fourth-order valence-corrected chi connectivity index (χ4v) is 2.61. The van der Waals surface area contributed by atoms with Crippen LogP contribution in [0.15, 0.2) is 0 Å². The predicted molar refractivity (Wildman–Crippen MR) is 68.1 cm³/mol. The molecule has 1 rings (SSSR count). The number of carbonyl (C=O) groups excluding carboxylic acids is 2. The molecule has 0 aromatic carbocycles. The van der Waals surface area contributed by atoms with Crippen LogP contribution in [0.25, 0.3) is 0 Å². The maximum atomic E-state index is 11.5. The van der Waals surface area contributed by atoms with E-state index in [1.165, 1.54) is 25.4 Å². The molecule has 6 heteroatoms. The van der Waals surface area contributed by atoms with Crippen molar-refractivity contribution in [2.75, 3.05) is 14.2 Å². The van der Waals surface area contributed by atoms with E-state index in [9.17, 15) is 9.59 Å². The van der Waals surface area contributed by atoms with Gasteiger partial charge in [-0.1, -0.05) is 13.3 Å². The molecule has 0 amide bonds. The molecule has 100 valence electrons. The molecular formula is C12H17NO4S. The van der Waals surface area contributed by atoms with Crippen LogP contribution in [0.1, 0.15) is 58.0 Å². The van der Waals surface area contributed by atoms with Crippen LogP contribution < -0.4 is 0 Å². The SMILES string of the molecule is CCCC(OC)c1nc(C(=O)OC)c(C(C)=O)s1. The van der Waals surface area contributed by atoms with Crippen molar-refractivity contribution >= 4 is 23.1 Å². The summed E-state index contributed by atoms with van der Waals surface area (Å²) in [5.41, 5.74) is 0.0863. The van der Waals surface area contributed by atoms with Crippen molar-refractivity contribution in [2.24, 2.45) is 0 Å². The van der Waals surface area contributed by atoms with Crippen molar-refractivity contribution in [3.8, 4) is 0 Å². The van der Waals surface area contributed by atoms with Gasteiger partial charge in [0, 0.05) is 14.0 Å². The van der Waals surface area contributed by atoms with Gasteiger partial charge in [-0.25, -0.2) is 9.78 Å². The summed E-state index contributed by atoms with van der Waals surface area (Å²) in [5.74, 6) is -0.778. The normalized spacial score (nSPS) is 12.2. The Morgan fingerprint density at radius 2 is 2.06 bits per heavy atom. The molecule has 0 aliphatic heterocycles. The number of Topliss-reactive ketones (excluding diaryl/α,β-unsaturated/α-hetero) is 1. The summed E-state index contributed by atoms with van der Waals surface area (Å²) in [6, 6.07) is 0. The maximum absolute atomic E-state index is 11.5. The Kier molecular flexibility index (Phi) is 5.43. The van der Waals surface area contributed by atoms with Gasteiger partial charge in [0.25, 0.3) is 0 Å². The second-order valence-electron chi connectivity index (χ2n) is 3.79. The molecule has 1 unspecified atom stereocenters.